The van der Waals surface area contributed by atoms with E-state index in [1.807, 2.05) is 0 Å². The third-order valence-corrected chi connectivity index (χ3v) is 5.73. The van der Waals surface area contributed by atoms with Gasteiger partial charge in [-0.05, 0) is 24.6 Å². The van der Waals surface area contributed by atoms with Gasteiger partial charge in [0.05, 0.1) is 36.0 Å². The van der Waals surface area contributed by atoms with E-state index in [0.29, 0.717) is 26.3 Å². The fourth-order valence-electron chi connectivity index (χ4n) is 3.15. The maximum atomic E-state index is 13.3. The molecule has 0 N–H and O–H groups in total. The largest absolute Gasteiger partial charge is 0.463 e. The molecule has 0 radical (unpaired) electrons. The Hall–Kier alpha value is -2.92. The van der Waals surface area contributed by atoms with Gasteiger partial charge in [-0.25, -0.2) is 4.79 Å². The molecule has 0 bridgehead atoms. The first-order valence-corrected chi connectivity index (χ1v) is 10.6. The Labute approximate surface area is 185 Å². The van der Waals surface area contributed by atoms with Gasteiger partial charge in [0.25, 0.3) is 5.56 Å². The number of nitrogens with zero attached hydrogens (tertiary/aromatic N) is 2. The summed E-state index contributed by atoms with van der Waals surface area (Å²) in [4.78, 5) is 39.2. The van der Waals surface area contributed by atoms with Crippen LogP contribution in [0.4, 0.5) is 13.2 Å². The summed E-state index contributed by atoms with van der Waals surface area (Å²) < 4.78 is 51.3. The predicted molar refractivity (Wildman–Crippen MR) is 111 cm³/mol. The number of esters is 1. The Morgan fingerprint density at radius 3 is 2.56 bits per heavy atom. The molecule has 1 aromatic heterocycles. The summed E-state index contributed by atoms with van der Waals surface area (Å²) in [5.41, 5.74) is -1.74. The van der Waals surface area contributed by atoms with E-state index in [9.17, 15) is 27.6 Å². The van der Waals surface area contributed by atoms with Crippen LogP contribution in [-0.2, 0) is 31.8 Å². The van der Waals surface area contributed by atoms with E-state index in [1.165, 1.54) is 23.1 Å². The lowest BCUT2D eigenvalue weighted by Gasteiger charge is -2.26. The smallest absolute Gasteiger partial charge is 0.416 e. The SMILES string of the molecule is CCOC(=O)C=c1sc(=Cc2ccccc2C(F)(F)F)c(=O)n1CC(=O)N1CCOCC1. The number of ether oxygens (including phenoxy) is 2. The van der Waals surface area contributed by atoms with Crippen LogP contribution in [0, 0.1) is 0 Å². The van der Waals surface area contributed by atoms with Crippen LogP contribution < -0.4 is 14.8 Å². The second-order valence-corrected chi connectivity index (χ2v) is 7.88. The Bertz CT molecular complexity index is 1160. The quantitative estimate of drug-likeness (QED) is 0.609. The highest BCUT2D eigenvalue weighted by Gasteiger charge is 2.32. The standard InChI is InChI=1S/C21H21F3N2O5S/c1-2-31-19(28)12-18-26(13-17(27)25-7-9-30-10-8-25)20(29)16(32-18)11-14-5-3-4-6-15(14)21(22,23)24/h3-6,11-12H,2,7-10,13H2,1H3. The summed E-state index contributed by atoms with van der Waals surface area (Å²) in [6.07, 6.45) is -2.42. The number of halogens is 3. The Morgan fingerprint density at radius 2 is 1.91 bits per heavy atom. The fourth-order valence-corrected chi connectivity index (χ4v) is 4.17. The minimum atomic E-state index is -4.60. The lowest BCUT2D eigenvalue weighted by molar-refractivity contribution is -0.138. The van der Waals surface area contributed by atoms with Crippen molar-refractivity contribution >= 4 is 35.4 Å². The van der Waals surface area contributed by atoms with E-state index in [2.05, 4.69) is 0 Å². The number of thiazole rings is 1. The third kappa shape index (κ3) is 5.65. The van der Waals surface area contributed by atoms with E-state index < -0.39 is 23.3 Å². The molecule has 1 saturated heterocycles. The van der Waals surface area contributed by atoms with Crippen molar-refractivity contribution in [1.82, 2.24) is 9.47 Å². The second-order valence-electron chi connectivity index (χ2n) is 6.81. The van der Waals surface area contributed by atoms with Gasteiger partial charge in [-0.2, -0.15) is 13.2 Å². The number of alkyl halides is 3. The summed E-state index contributed by atoms with van der Waals surface area (Å²) in [5.74, 6) is -1.07. The molecule has 3 rings (SSSR count). The highest BCUT2D eigenvalue weighted by Crippen LogP contribution is 2.32. The summed E-state index contributed by atoms with van der Waals surface area (Å²) in [6.45, 7) is 2.85. The van der Waals surface area contributed by atoms with E-state index >= 15 is 0 Å². The van der Waals surface area contributed by atoms with E-state index in [-0.39, 0.29) is 33.8 Å². The average molecular weight is 470 g/mol. The lowest BCUT2D eigenvalue weighted by atomic mass is 10.1. The molecule has 7 nitrogen and oxygen atoms in total. The molecular weight excluding hydrogens is 449 g/mol. The monoisotopic (exact) mass is 470 g/mol. The lowest BCUT2D eigenvalue weighted by Crippen LogP contribution is -2.45. The molecule has 1 aliphatic rings. The van der Waals surface area contributed by atoms with Crippen LogP contribution in [0.5, 0.6) is 0 Å². The summed E-state index contributed by atoms with van der Waals surface area (Å²) in [6, 6.07) is 4.86. The molecule has 0 saturated carbocycles. The number of aromatic nitrogens is 1. The van der Waals surface area contributed by atoms with Crippen LogP contribution in [-0.4, -0.2) is 54.3 Å². The first kappa shape index (κ1) is 23.7. The van der Waals surface area contributed by atoms with Gasteiger partial charge in [0.1, 0.15) is 11.2 Å². The van der Waals surface area contributed by atoms with Crippen molar-refractivity contribution in [3.8, 4) is 0 Å². The molecule has 0 spiro atoms. The number of carbonyl (C=O) groups excluding carboxylic acids is 2. The van der Waals surface area contributed by atoms with Crippen molar-refractivity contribution in [3.05, 3.63) is 54.9 Å². The minimum absolute atomic E-state index is 0.0352. The van der Waals surface area contributed by atoms with E-state index in [0.717, 1.165) is 34.1 Å². The van der Waals surface area contributed by atoms with Crippen LogP contribution >= 0.6 is 11.3 Å². The Kier molecular flexibility index (Phi) is 7.52. The summed E-state index contributed by atoms with van der Waals surface area (Å²) >= 11 is 0.819. The number of hydrogen-bond donors (Lipinski definition) is 0. The predicted octanol–water partition coefficient (Wildman–Crippen LogP) is 0.960. The topological polar surface area (TPSA) is 77.8 Å². The molecule has 11 heteroatoms. The molecule has 1 aliphatic heterocycles. The molecule has 1 amide bonds. The number of benzene rings is 1. The minimum Gasteiger partial charge on any atom is -0.463 e. The molecule has 0 atom stereocenters. The highest BCUT2D eigenvalue weighted by atomic mass is 32.1. The summed E-state index contributed by atoms with van der Waals surface area (Å²) in [5, 5.41) is 0. The van der Waals surface area contributed by atoms with Gasteiger partial charge in [-0.15, -0.1) is 11.3 Å². The zero-order chi connectivity index (χ0) is 23.3. The maximum Gasteiger partial charge on any atom is 0.416 e. The fraction of sp³-hybridized carbons (Fsp3) is 0.381. The van der Waals surface area contributed by atoms with Crippen LogP contribution in [0.15, 0.2) is 29.1 Å². The number of rotatable bonds is 5. The Balaban J connectivity index is 2.10. The van der Waals surface area contributed by atoms with Crippen molar-refractivity contribution in [2.24, 2.45) is 0 Å². The third-order valence-electron chi connectivity index (χ3n) is 4.67. The van der Waals surface area contributed by atoms with Gasteiger partial charge in [0, 0.05) is 13.1 Å². The van der Waals surface area contributed by atoms with Crippen LogP contribution in [0.1, 0.15) is 18.1 Å². The molecule has 0 unspecified atom stereocenters. The molecular formula is C21H21F3N2O5S. The van der Waals surface area contributed by atoms with Crippen molar-refractivity contribution in [2.45, 2.75) is 19.6 Å². The van der Waals surface area contributed by atoms with Crippen LogP contribution in [0.3, 0.4) is 0 Å². The van der Waals surface area contributed by atoms with Crippen LogP contribution in [0.2, 0.25) is 0 Å². The van der Waals surface area contributed by atoms with Gasteiger partial charge in [-0.3, -0.25) is 14.2 Å². The molecule has 32 heavy (non-hydrogen) atoms. The first-order chi connectivity index (χ1) is 15.2. The van der Waals surface area contributed by atoms with Gasteiger partial charge in [-0.1, -0.05) is 18.2 Å². The number of hydrogen-bond acceptors (Lipinski definition) is 6. The van der Waals surface area contributed by atoms with E-state index in [4.69, 9.17) is 9.47 Å². The average Bonchev–Trinajstić information content (AvgIpc) is 3.03. The van der Waals surface area contributed by atoms with Crippen molar-refractivity contribution in [1.29, 1.82) is 0 Å². The van der Waals surface area contributed by atoms with Gasteiger partial charge >= 0.3 is 12.1 Å². The molecule has 2 aromatic rings. The Morgan fingerprint density at radius 1 is 1.22 bits per heavy atom. The van der Waals surface area contributed by atoms with Crippen molar-refractivity contribution in [2.75, 3.05) is 32.9 Å². The van der Waals surface area contributed by atoms with Crippen molar-refractivity contribution < 1.29 is 32.2 Å². The normalized spacial score (nSPS) is 15.8. The zero-order valence-electron chi connectivity index (χ0n) is 17.2. The second kappa shape index (κ2) is 10.1. The molecule has 0 aliphatic carbocycles. The van der Waals surface area contributed by atoms with Gasteiger partial charge in [0.15, 0.2) is 0 Å². The van der Waals surface area contributed by atoms with Gasteiger partial charge in [0.2, 0.25) is 5.91 Å². The first-order valence-electron chi connectivity index (χ1n) is 9.82. The van der Waals surface area contributed by atoms with Gasteiger partial charge < -0.3 is 14.4 Å². The molecule has 2 heterocycles. The summed E-state index contributed by atoms with van der Waals surface area (Å²) in [7, 11) is 0. The molecule has 172 valence electrons. The van der Waals surface area contributed by atoms with E-state index in [1.54, 1.807) is 6.92 Å². The zero-order valence-corrected chi connectivity index (χ0v) is 18.0. The molecule has 1 fully saturated rings. The number of morpholine rings is 1. The van der Waals surface area contributed by atoms with Crippen LogP contribution in [0.25, 0.3) is 12.2 Å². The molecule has 1 aromatic carbocycles. The highest BCUT2D eigenvalue weighted by molar-refractivity contribution is 7.07. The van der Waals surface area contributed by atoms with Crippen molar-refractivity contribution in [3.63, 3.8) is 0 Å². The number of amides is 1. The maximum absolute atomic E-state index is 13.3. The number of carbonyl (C=O) groups is 2.